The lowest BCUT2D eigenvalue weighted by Crippen LogP contribution is -2.04. The maximum absolute atomic E-state index is 5.35. The van der Waals surface area contributed by atoms with Gasteiger partial charge < -0.3 is 5.73 Å². The first-order valence-electron chi connectivity index (χ1n) is 3.62. The predicted molar refractivity (Wildman–Crippen MR) is 44.1 cm³/mol. The Morgan fingerprint density at radius 3 is 1.89 bits per heavy atom. The molecule has 0 aromatic rings. The predicted octanol–water partition coefficient (Wildman–Crippen LogP) is 2.53. The van der Waals surface area contributed by atoms with Gasteiger partial charge in [-0.15, -0.1) is 0 Å². The fraction of sp³-hybridized carbons (Fsp3) is 0.750. The third-order valence-electron chi connectivity index (χ3n) is 1.25. The first-order chi connectivity index (χ1) is 4.18. The van der Waals surface area contributed by atoms with E-state index < -0.39 is 0 Å². The average molecular weight is 129 g/mol. The van der Waals surface area contributed by atoms with Crippen molar-refractivity contribution in [2.45, 2.75) is 34.1 Å². The number of nitrogens with two attached hydrogens (primary N) is 1. The van der Waals surface area contributed by atoms with Crippen molar-refractivity contribution in [1.82, 2.24) is 0 Å². The second-order valence-corrected chi connectivity index (χ2v) is 1.88. The lowest BCUT2D eigenvalue weighted by atomic mass is 10.1. The highest BCUT2D eigenvalue weighted by molar-refractivity contribution is 4.90. The van der Waals surface area contributed by atoms with E-state index in [0.29, 0.717) is 5.92 Å². The standard InChI is InChI=1S/C6H13N.C2H6/c1-4-5(2)6(3)7;1-2/h5H,3-4,7H2,1-2H3;1-2H3. The highest BCUT2D eigenvalue weighted by atomic mass is 14.6. The average Bonchev–Trinajstić information content (AvgIpc) is 1.91. The van der Waals surface area contributed by atoms with E-state index in [1.807, 2.05) is 13.8 Å². The lowest BCUT2D eigenvalue weighted by molar-refractivity contribution is 0.650. The molecule has 0 saturated carbocycles. The zero-order valence-corrected chi connectivity index (χ0v) is 7.07. The van der Waals surface area contributed by atoms with Gasteiger partial charge in [-0.1, -0.05) is 34.3 Å². The van der Waals surface area contributed by atoms with Crippen molar-refractivity contribution in [3.8, 4) is 0 Å². The lowest BCUT2D eigenvalue weighted by Gasteiger charge is -2.04. The van der Waals surface area contributed by atoms with Crippen LogP contribution in [-0.4, -0.2) is 0 Å². The molecule has 56 valence electrons. The Morgan fingerprint density at radius 2 is 1.89 bits per heavy atom. The fourth-order valence-electron chi connectivity index (χ4n) is 0.262. The quantitative estimate of drug-likeness (QED) is 0.609. The Kier molecular flexibility index (Phi) is 9.51. The van der Waals surface area contributed by atoms with Gasteiger partial charge in [0.05, 0.1) is 0 Å². The Bertz CT molecular complexity index is 67.0. The molecule has 1 atom stereocenters. The first-order valence-corrected chi connectivity index (χ1v) is 3.62. The molecule has 1 heteroatoms. The van der Waals surface area contributed by atoms with Gasteiger partial charge in [-0.05, 0) is 12.3 Å². The van der Waals surface area contributed by atoms with Crippen LogP contribution in [0, 0.1) is 5.92 Å². The van der Waals surface area contributed by atoms with Crippen molar-refractivity contribution in [2.24, 2.45) is 11.7 Å². The molecule has 0 amide bonds. The molecule has 0 heterocycles. The van der Waals surface area contributed by atoms with Crippen molar-refractivity contribution in [2.75, 3.05) is 0 Å². The molecule has 0 aliphatic heterocycles. The summed E-state index contributed by atoms with van der Waals surface area (Å²) in [6, 6.07) is 0. The van der Waals surface area contributed by atoms with Gasteiger partial charge in [-0.25, -0.2) is 0 Å². The van der Waals surface area contributed by atoms with E-state index in [1.165, 1.54) is 0 Å². The zero-order valence-electron chi connectivity index (χ0n) is 7.07. The largest absolute Gasteiger partial charge is 0.402 e. The summed E-state index contributed by atoms with van der Waals surface area (Å²) >= 11 is 0. The van der Waals surface area contributed by atoms with Crippen molar-refractivity contribution in [3.63, 3.8) is 0 Å². The normalized spacial score (nSPS) is 11.1. The molecule has 1 unspecified atom stereocenters. The highest BCUT2D eigenvalue weighted by Crippen LogP contribution is 2.04. The maximum Gasteiger partial charge on any atom is 0.00361 e. The van der Waals surface area contributed by atoms with Gasteiger partial charge in [0, 0.05) is 5.70 Å². The van der Waals surface area contributed by atoms with Gasteiger partial charge in [-0.2, -0.15) is 0 Å². The molecular formula is C8H19N. The van der Waals surface area contributed by atoms with Gasteiger partial charge in [0.2, 0.25) is 0 Å². The molecular weight excluding hydrogens is 110 g/mol. The van der Waals surface area contributed by atoms with E-state index in [0.717, 1.165) is 12.1 Å². The molecule has 0 aliphatic carbocycles. The number of allylic oxidation sites excluding steroid dienone is 1. The van der Waals surface area contributed by atoms with Crippen molar-refractivity contribution in [1.29, 1.82) is 0 Å². The van der Waals surface area contributed by atoms with Crippen LogP contribution in [0.4, 0.5) is 0 Å². The molecule has 0 spiro atoms. The number of rotatable bonds is 2. The second kappa shape index (κ2) is 7.54. The van der Waals surface area contributed by atoms with Crippen LogP contribution in [-0.2, 0) is 0 Å². The zero-order chi connectivity index (χ0) is 7.86. The summed E-state index contributed by atoms with van der Waals surface area (Å²) in [4.78, 5) is 0. The SMILES string of the molecule is C=C(N)C(C)CC.CC. The Hall–Kier alpha value is -0.460. The van der Waals surface area contributed by atoms with Crippen molar-refractivity contribution < 1.29 is 0 Å². The minimum Gasteiger partial charge on any atom is -0.402 e. The third kappa shape index (κ3) is 7.54. The van der Waals surface area contributed by atoms with Gasteiger partial charge in [0.25, 0.3) is 0 Å². The van der Waals surface area contributed by atoms with E-state index in [2.05, 4.69) is 20.4 Å². The molecule has 2 N–H and O–H groups in total. The summed E-state index contributed by atoms with van der Waals surface area (Å²) in [5.41, 5.74) is 6.15. The molecule has 0 radical (unpaired) electrons. The van der Waals surface area contributed by atoms with Crippen LogP contribution in [0.1, 0.15) is 34.1 Å². The van der Waals surface area contributed by atoms with Crippen LogP contribution in [0.15, 0.2) is 12.3 Å². The smallest absolute Gasteiger partial charge is 0.00361 e. The Labute approximate surface area is 58.9 Å². The topological polar surface area (TPSA) is 26.0 Å². The molecule has 0 aliphatic rings. The number of hydrogen-bond donors (Lipinski definition) is 1. The molecule has 0 saturated heterocycles. The number of hydrogen-bond acceptors (Lipinski definition) is 1. The summed E-state index contributed by atoms with van der Waals surface area (Å²) in [7, 11) is 0. The minimum absolute atomic E-state index is 0.486. The van der Waals surface area contributed by atoms with E-state index in [4.69, 9.17) is 5.73 Å². The summed E-state index contributed by atoms with van der Waals surface area (Å²) < 4.78 is 0. The monoisotopic (exact) mass is 129 g/mol. The van der Waals surface area contributed by atoms with E-state index >= 15 is 0 Å². The van der Waals surface area contributed by atoms with Crippen LogP contribution < -0.4 is 5.73 Å². The Morgan fingerprint density at radius 1 is 1.56 bits per heavy atom. The van der Waals surface area contributed by atoms with E-state index in [1.54, 1.807) is 0 Å². The van der Waals surface area contributed by atoms with Crippen LogP contribution >= 0.6 is 0 Å². The van der Waals surface area contributed by atoms with Crippen LogP contribution in [0.5, 0.6) is 0 Å². The Balaban J connectivity index is 0. The second-order valence-electron chi connectivity index (χ2n) is 1.88. The fourth-order valence-corrected chi connectivity index (χ4v) is 0.262. The van der Waals surface area contributed by atoms with Gasteiger partial charge >= 0.3 is 0 Å². The highest BCUT2D eigenvalue weighted by Gasteiger charge is 1.95. The van der Waals surface area contributed by atoms with Crippen LogP contribution in [0.25, 0.3) is 0 Å². The summed E-state index contributed by atoms with van der Waals surface area (Å²) in [6.45, 7) is 11.8. The van der Waals surface area contributed by atoms with Gasteiger partial charge in [0.1, 0.15) is 0 Å². The molecule has 0 aromatic heterocycles. The molecule has 0 bridgehead atoms. The van der Waals surface area contributed by atoms with Gasteiger partial charge in [0.15, 0.2) is 0 Å². The minimum atomic E-state index is 0.486. The third-order valence-corrected chi connectivity index (χ3v) is 1.25. The maximum atomic E-state index is 5.35. The van der Waals surface area contributed by atoms with E-state index in [-0.39, 0.29) is 0 Å². The summed E-state index contributed by atoms with van der Waals surface area (Å²) in [5.74, 6) is 0.486. The van der Waals surface area contributed by atoms with Crippen molar-refractivity contribution in [3.05, 3.63) is 12.3 Å². The van der Waals surface area contributed by atoms with Crippen LogP contribution in [0.2, 0.25) is 0 Å². The van der Waals surface area contributed by atoms with Crippen LogP contribution in [0.3, 0.4) is 0 Å². The van der Waals surface area contributed by atoms with Gasteiger partial charge in [-0.3, -0.25) is 0 Å². The molecule has 0 fully saturated rings. The summed E-state index contributed by atoms with van der Waals surface area (Å²) in [6.07, 6.45) is 1.09. The van der Waals surface area contributed by atoms with Crippen molar-refractivity contribution >= 4 is 0 Å². The first kappa shape index (κ1) is 11.4. The summed E-state index contributed by atoms with van der Waals surface area (Å²) in [5, 5.41) is 0. The molecule has 1 nitrogen and oxygen atoms in total. The molecule has 0 rings (SSSR count). The van der Waals surface area contributed by atoms with E-state index in [9.17, 15) is 0 Å². The molecule has 9 heavy (non-hydrogen) atoms. The molecule has 0 aromatic carbocycles.